The molecule has 1 N–H and O–H groups in total. The molecule has 4 fully saturated rings. The van der Waals surface area contributed by atoms with E-state index in [1.165, 1.54) is 4.90 Å². The average molecular weight is 848 g/mol. The second-order valence-electron chi connectivity index (χ2n) is 17.8. The van der Waals surface area contributed by atoms with Crippen molar-refractivity contribution in [1.29, 1.82) is 0 Å². The summed E-state index contributed by atoms with van der Waals surface area (Å²) in [5.41, 5.74) is 0.990. The molecule has 1 aromatic heterocycles. The summed E-state index contributed by atoms with van der Waals surface area (Å²) >= 11 is 0. The first-order chi connectivity index (χ1) is 29.2. The van der Waals surface area contributed by atoms with Crippen molar-refractivity contribution in [3.63, 3.8) is 0 Å². The van der Waals surface area contributed by atoms with E-state index in [4.69, 9.17) is 14.5 Å². The Morgan fingerprint density at radius 3 is 2.28 bits per heavy atom. The maximum absolute atomic E-state index is 15.1. The third-order valence-corrected chi connectivity index (χ3v) is 13.6. The lowest BCUT2D eigenvalue weighted by Gasteiger charge is -2.43. The number of carbonyl (C=O) groups excluding carboxylic acids is 4. The summed E-state index contributed by atoms with van der Waals surface area (Å²) in [5, 5.41) is 3.64. The van der Waals surface area contributed by atoms with Crippen LogP contribution in [0.25, 0.3) is 22.2 Å². The van der Waals surface area contributed by atoms with Gasteiger partial charge in [-0.15, -0.1) is 6.58 Å². The van der Waals surface area contributed by atoms with Gasteiger partial charge in [-0.3, -0.25) is 19.2 Å². The number of nitrogens with one attached hydrogen (secondary N) is 1. The minimum atomic E-state index is -3.24. The molecule has 3 heterocycles. The number of likely N-dealkylation sites (tertiary alicyclic amines) is 2. The highest BCUT2D eigenvalue weighted by molar-refractivity contribution is 7.70. The fourth-order valence-corrected chi connectivity index (χ4v) is 9.72. The number of nitrogens with zero attached hydrogens (tertiary/aromatic N) is 4. The molecule has 320 valence electrons. The monoisotopic (exact) mass is 847 g/mol. The minimum Gasteiger partial charge on any atom is -0.497 e. The van der Waals surface area contributed by atoms with Crippen LogP contribution in [-0.2, 0) is 30.1 Å². The Labute approximate surface area is 358 Å². The van der Waals surface area contributed by atoms with Gasteiger partial charge in [0.05, 0.1) is 36.8 Å². The van der Waals surface area contributed by atoms with Crippen LogP contribution in [0.5, 0.6) is 11.5 Å². The molecule has 61 heavy (non-hydrogen) atoms. The predicted octanol–water partition coefficient (Wildman–Crippen LogP) is 5.86. The van der Waals surface area contributed by atoms with Gasteiger partial charge in [0.15, 0.2) is 0 Å². The normalized spacial score (nSPS) is 23.8. The van der Waals surface area contributed by atoms with Crippen molar-refractivity contribution < 1.29 is 37.1 Å². The third-order valence-electron chi connectivity index (χ3n) is 12.7. The standard InChI is InChI=1S/C47H53N5O8S/c1-6-31-27-47(31,45(56)52(61(57)58)32-17-18-32)49-43(54)40-24-34(60-41-26-37(29-13-9-7-10-14-29)48-38-23-33(59-5)19-20-35(38)41)28-51(40)44(55)36(46(2,3)4)25-42(53)50-22-21-39(50)30-15-11-8-12-16-30/h6-16,19-20,23,26,31-32,34,36,39-40,61H,1,17-18,21-22,24-25,27-28H2,2-5H3,(H,49,54)/t31?,34-,36-,39?,40+,47-/m1/s1. The van der Waals surface area contributed by atoms with Crippen LogP contribution in [0.1, 0.15) is 70.9 Å². The number of hydrogen-bond acceptors (Lipinski definition) is 9. The second-order valence-corrected chi connectivity index (χ2v) is 18.7. The SMILES string of the molecule is C=CC1C[C@]1(NC(=O)[C@@H]1C[C@@H](Oc2cc(-c3ccccc3)nc3cc(OC)ccc23)CN1C(=O)[C@@H](CC(=O)N1CCC1c1ccccc1)C(C)(C)C)C(=O)N(C1CC1)[SH](=O)=O. The lowest BCUT2D eigenvalue weighted by atomic mass is 9.77. The van der Waals surface area contributed by atoms with Crippen LogP contribution in [0, 0.1) is 17.3 Å². The Morgan fingerprint density at radius 2 is 1.69 bits per heavy atom. The molecule has 0 spiro atoms. The number of pyridine rings is 1. The Hall–Kier alpha value is -5.76. The zero-order chi connectivity index (χ0) is 43.2. The van der Waals surface area contributed by atoms with Crippen LogP contribution in [0.3, 0.4) is 0 Å². The van der Waals surface area contributed by atoms with Crippen molar-refractivity contribution in [3.8, 4) is 22.8 Å². The highest BCUT2D eigenvalue weighted by atomic mass is 32.2. The molecule has 4 amide bonds. The van der Waals surface area contributed by atoms with Gasteiger partial charge in [-0.25, -0.2) is 17.7 Å². The molecule has 2 unspecified atom stereocenters. The number of benzene rings is 3. The van der Waals surface area contributed by atoms with E-state index in [2.05, 4.69) is 11.9 Å². The van der Waals surface area contributed by atoms with Crippen LogP contribution in [-0.4, -0.2) is 95.1 Å². The van der Waals surface area contributed by atoms with Gasteiger partial charge in [0, 0.05) is 54.4 Å². The van der Waals surface area contributed by atoms with E-state index in [9.17, 15) is 22.8 Å². The molecule has 3 aromatic carbocycles. The lowest BCUT2D eigenvalue weighted by Crippen LogP contribution is -2.57. The van der Waals surface area contributed by atoms with E-state index >= 15 is 4.79 Å². The summed E-state index contributed by atoms with van der Waals surface area (Å²) in [6, 6.07) is 25.2. The number of fused-ring (bicyclic) bond motifs is 1. The molecule has 2 saturated heterocycles. The first kappa shape index (κ1) is 42.0. The molecular weight excluding hydrogens is 795 g/mol. The van der Waals surface area contributed by atoms with E-state index in [0.717, 1.165) is 21.9 Å². The highest BCUT2D eigenvalue weighted by Gasteiger charge is 2.63. The average Bonchev–Trinajstić information content (AvgIpc) is 4.15. The molecule has 13 nitrogen and oxygen atoms in total. The molecule has 2 aliphatic carbocycles. The van der Waals surface area contributed by atoms with Gasteiger partial charge in [-0.05, 0) is 48.8 Å². The molecule has 14 heteroatoms. The van der Waals surface area contributed by atoms with Gasteiger partial charge >= 0.3 is 0 Å². The molecular formula is C47H53N5O8S. The number of hydrogen-bond donors (Lipinski definition) is 2. The molecule has 2 aliphatic heterocycles. The Balaban J connectivity index is 1.12. The molecule has 4 aliphatic rings. The van der Waals surface area contributed by atoms with Crippen LogP contribution < -0.4 is 14.8 Å². The fraction of sp³-hybridized carbons (Fsp3) is 0.426. The molecule has 2 saturated carbocycles. The fourth-order valence-electron chi connectivity index (χ4n) is 8.89. The summed E-state index contributed by atoms with van der Waals surface area (Å²) in [6.07, 6.45) is 2.99. The first-order valence-corrected chi connectivity index (χ1v) is 22.1. The minimum absolute atomic E-state index is 0.0150. The zero-order valence-corrected chi connectivity index (χ0v) is 35.9. The van der Waals surface area contributed by atoms with Gasteiger partial charge in [-0.2, -0.15) is 0 Å². The van der Waals surface area contributed by atoms with E-state index in [1.807, 2.05) is 111 Å². The largest absolute Gasteiger partial charge is 0.497 e. The summed E-state index contributed by atoms with van der Waals surface area (Å²) < 4.78 is 37.9. The summed E-state index contributed by atoms with van der Waals surface area (Å²) in [4.78, 5) is 66.1. The quantitative estimate of drug-likeness (QED) is 0.117. The molecule has 0 bridgehead atoms. The predicted molar refractivity (Wildman–Crippen MR) is 231 cm³/mol. The van der Waals surface area contributed by atoms with Gasteiger partial charge in [0.1, 0.15) is 29.2 Å². The van der Waals surface area contributed by atoms with Gasteiger partial charge in [-0.1, -0.05) is 87.5 Å². The van der Waals surface area contributed by atoms with Crippen LogP contribution >= 0.6 is 0 Å². The van der Waals surface area contributed by atoms with Crippen LogP contribution in [0.2, 0.25) is 0 Å². The highest BCUT2D eigenvalue weighted by Crippen LogP contribution is 2.48. The molecule has 8 rings (SSSR count). The lowest BCUT2D eigenvalue weighted by molar-refractivity contribution is -0.151. The Morgan fingerprint density at radius 1 is 0.984 bits per heavy atom. The van der Waals surface area contributed by atoms with Crippen molar-refractivity contribution in [1.82, 2.24) is 24.4 Å². The summed E-state index contributed by atoms with van der Waals surface area (Å²) in [7, 11) is -1.66. The Kier molecular flexibility index (Phi) is 11.4. The van der Waals surface area contributed by atoms with Crippen LogP contribution in [0.15, 0.2) is 97.6 Å². The van der Waals surface area contributed by atoms with E-state index in [-0.39, 0.29) is 43.7 Å². The Bertz CT molecular complexity index is 2430. The third kappa shape index (κ3) is 8.34. The number of ether oxygens (including phenoxy) is 2. The first-order valence-electron chi connectivity index (χ1n) is 21.0. The number of aromatic nitrogens is 1. The number of thiol groups is 1. The van der Waals surface area contributed by atoms with Crippen molar-refractivity contribution in [2.75, 3.05) is 20.2 Å². The van der Waals surface area contributed by atoms with E-state index in [0.29, 0.717) is 47.5 Å². The number of carbonyl (C=O) groups is 4. The number of amides is 4. The van der Waals surface area contributed by atoms with Crippen molar-refractivity contribution in [2.24, 2.45) is 17.3 Å². The van der Waals surface area contributed by atoms with Crippen molar-refractivity contribution >= 4 is 45.4 Å². The topological polar surface area (TPSA) is 156 Å². The number of methoxy groups -OCH3 is 1. The van der Waals surface area contributed by atoms with E-state index < -0.39 is 63.7 Å². The molecule has 0 radical (unpaired) electrons. The summed E-state index contributed by atoms with van der Waals surface area (Å²) in [6.45, 7) is 10.2. The molecule has 6 atom stereocenters. The van der Waals surface area contributed by atoms with Gasteiger partial charge in [0.2, 0.25) is 28.6 Å². The van der Waals surface area contributed by atoms with Crippen molar-refractivity contribution in [2.45, 2.75) is 89.1 Å². The number of rotatable bonds is 14. The second kappa shape index (κ2) is 16.6. The van der Waals surface area contributed by atoms with Gasteiger partial charge < -0.3 is 24.6 Å². The zero-order valence-electron chi connectivity index (χ0n) is 35.0. The van der Waals surface area contributed by atoms with Gasteiger partial charge in [0.25, 0.3) is 5.91 Å². The summed E-state index contributed by atoms with van der Waals surface area (Å²) in [5.74, 6) is -2.01. The van der Waals surface area contributed by atoms with E-state index in [1.54, 1.807) is 13.2 Å². The maximum atomic E-state index is 15.1. The smallest absolute Gasteiger partial charge is 0.262 e. The molecule has 4 aromatic rings. The van der Waals surface area contributed by atoms with Crippen molar-refractivity contribution in [3.05, 3.63) is 103 Å². The maximum Gasteiger partial charge on any atom is 0.262 e. The van der Waals surface area contributed by atoms with Crippen LogP contribution in [0.4, 0.5) is 0 Å².